The molecule has 2 aliphatic rings. The monoisotopic (exact) mass is 379 g/mol. The molecule has 0 unspecified atom stereocenters. The van der Waals surface area contributed by atoms with Crippen molar-refractivity contribution in [1.29, 1.82) is 0 Å². The fourth-order valence-electron chi connectivity index (χ4n) is 3.69. The van der Waals surface area contributed by atoms with Crippen LogP contribution in [0.2, 0.25) is 0 Å². The number of fused-ring (bicyclic) bond motifs is 2. The summed E-state index contributed by atoms with van der Waals surface area (Å²) in [5.41, 5.74) is 3.07. The number of hydrogen-bond donors (Lipinski definition) is 1. The highest BCUT2D eigenvalue weighted by atomic mass is 16.7. The van der Waals surface area contributed by atoms with E-state index in [0.717, 1.165) is 41.4 Å². The molecular formula is C20H21N5O3. The molecule has 0 aliphatic carbocycles. The normalized spacial score (nSPS) is 15.4. The van der Waals surface area contributed by atoms with Crippen molar-refractivity contribution in [2.75, 3.05) is 24.8 Å². The Hall–Kier alpha value is -3.29. The zero-order valence-electron chi connectivity index (χ0n) is 15.6. The molecule has 1 amide bonds. The van der Waals surface area contributed by atoms with E-state index in [1.54, 1.807) is 4.52 Å². The Labute approximate surface area is 162 Å². The van der Waals surface area contributed by atoms with Crippen molar-refractivity contribution in [3.8, 4) is 11.5 Å². The summed E-state index contributed by atoms with van der Waals surface area (Å²) < 4.78 is 12.4. The molecule has 1 fully saturated rings. The van der Waals surface area contributed by atoms with Gasteiger partial charge >= 0.3 is 0 Å². The van der Waals surface area contributed by atoms with Crippen molar-refractivity contribution < 1.29 is 14.3 Å². The Morgan fingerprint density at radius 2 is 2.00 bits per heavy atom. The van der Waals surface area contributed by atoms with Crippen LogP contribution in [0.5, 0.6) is 11.5 Å². The van der Waals surface area contributed by atoms with Gasteiger partial charge in [0.1, 0.15) is 5.52 Å². The van der Waals surface area contributed by atoms with E-state index >= 15 is 0 Å². The molecule has 0 saturated carbocycles. The number of rotatable bonds is 4. The third kappa shape index (κ3) is 3.00. The van der Waals surface area contributed by atoms with Crippen molar-refractivity contribution in [2.24, 2.45) is 0 Å². The van der Waals surface area contributed by atoms with E-state index < -0.39 is 0 Å². The van der Waals surface area contributed by atoms with E-state index in [9.17, 15) is 4.79 Å². The van der Waals surface area contributed by atoms with Crippen molar-refractivity contribution in [3.63, 3.8) is 0 Å². The van der Waals surface area contributed by atoms with Gasteiger partial charge in [0, 0.05) is 25.7 Å². The summed E-state index contributed by atoms with van der Waals surface area (Å²) in [6, 6.07) is 7.46. The summed E-state index contributed by atoms with van der Waals surface area (Å²) in [6.45, 7) is 4.55. The van der Waals surface area contributed by atoms with Crippen LogP contribution in [0.25, 0.3) is 5.52 Å². The number of ether oxygens (including phenoxy) is 2. The maximum Gasteiger partial charge on any atom is 0.272 e. The Morgan fingerprint density at radius 3 is 2.86 bits per heavy atom. The number of aromatic nitrogens is 3. The van der Waals surface area contributed by atoms with Crippen molar-refractivity contribution >= 4 is 17.2 Å². The molecule has 8 heteroatoms. The van der Waals surface area contributed by atoms with E-state index in [0.29, 0.717) is 18.0 Å². The zero-order valence-corrected chi connectivity index (χ0v) is 15.6. The van der Waals surface area contributed by atoms with Gasteiger partial charge in [-0.05, 0) is 37.5 Å². The molecule has 0 bridgehead atoms. The molecule has 2 aromatic heterocycles. The smallest absolute Gasteiger partial charge is 0.272 e. The third-order valence-electron chi connectivity index (χ3n) is 5.08. The van der Waals surface area contributed by atoms with Crippen LogP contribution in [0.15, 0.2) is 30.5 Å². The van der Waals surface area contributed by atoms with E-state index in [2.05, 4.69) is 15.3 Å². The Kier molecular flexibility index (Phi) is 4.03. The van der Waals surface area contributed by atoms with Crippen molar-refractivity contribution in [2.45, 2.75) is 26.3 Å². The van der Waals surface area contributed by atoms with Gasteiger partial charge in [-0.3, -0.25) is 4.79 Å². The fraction of sp³-hybridized carbons (Fsp3) is 0.350. The SMILES string of the molecule is Cc1cn2nc(C(=O)NCc3ccc4c(c3)OCO4)cc2c(N2CCCC2)n1. The van der Waals surface area contributed by atoms with Gasteiger partial charge in [-0.2, -0.15) is 5.10 Å². The lowest BCUT2D eigenvalue weighted by molar-refractivity contribution is 0.0945. The van der Waals surface area contributed by atoms with Gasteiger partial charge in [-0.25, -0.2) is 9.50 Å². The number of nitrogens with zero attached hydrogens (tertiary/aromatic N) is 4. The van der Waals surface area contributed by atoms with E-state index in [1.807, 2.05) is 37.4 Å². The van der Waals surface area contributed by atoms with Crippen LogP contribution in [0, 0.1) is 6.92 Å². The highest BCUT2D eigenvalue weighted by Crippen LogP contribution is 2.32. The summed E-state index contributed by atoms with van der Waals surface area (Å²) in [5.74, 6) is 2.12. The van der Waals surface area contributed by atoms with Gasteiger partial charge in [0.15, 0.2) is 23.0 Å². The van der Waals surface area contributed by atoms with Crippen LogP contribution in [-0.4, -0.2) is 40.4 Å². The molecule has 2 aliphatic heterocycles. The largest absolute Gasteiger partial charge is 0.454 e. The maximum absolute atomic E-state index is 12.7. The predicted octanol–water partition coefficient (Wildman–Crippen LogP) is 2.30. The minimum absolute atomic E-state index is 0.216. The average Bonchev–Trinajstić information content (AvgIpc) is 3.44. The molecule has 0 spiro atoms. The second kappa shape index (κ2) is 6.70. The van der Waals surface area contributed by atoms with Crippen LogP contribution in [-0.2, 0) is 6.54 Å². The number of hydrogen-bond acceptors (Lipinski definition) is 6. The second-order valence-corrected chi connectivity index (χ2v) is 7.13. The van der Waals surface area contributed by atoms with Gasteiger partial charge in [0.2, 0.25) is 6.79 Å². The summed E-state index contributed by atoms with van der Waals surface area (Å²) >= 11 is 0. The Bertz CT molecular complexity index is 1060. The molecule has 28 heavy (non-hydrogen) atoms. The predicted molar refractivity (Wildman–Crippen MR) is 103 cm³/mol. The van der Waals surface area contributed by atoms with Crippen LogP contribution in [0.1, 0.15) is 34.6 Å². The van der Waals surface area contributed by atoms with Crippen LogP contribution in [0.4, 0.5) is 5.82 Å². The average molecular weight is 379 g/mol. The standard InChI is InChI=1S/C20H21N5O3/c1-13-11-25-16(19(22-13)24-6-2-3-7-24)9-15(23-25)20(26)21-10-14-4-5-17-18(8-14)28-12-27-17/h4-5,8-9,11H,2-3,6-7,10,12H2,1H3,(H,21,26). The first-order chi connectivity index (χ1) is 13.7. The van der Waals surface area contributed by atoms with Gasteiger partial charge in [-0.15, -0.1) is 0 Å². The first-order valence-electron chi connectivity index (χ1n) is 9.46. The minimum atomic E-state index is -0.216. The minimum Gasteiger partial charge on any atom is -0.454 e. The quantitative estimate of drug-likeness (QED) is 0.749. The number of anilines is 1. The first kappa shape index (κ1) is 16.9. The topological polar surface area (TPSA) is 81.0 Å². The molecule has 8 nitrogen and oxygen atoms in total. The lowest BCUT2D eigenvalue weighted by Gasteiger charge is -2.17. The van der Waals surface area contributed by atoms with E-state index in [1.165, 1.54) is 12.8 Å². The molecular weight excluding hydrogens is 358 g/mol. The van der Waals surface area contributed by atoms with Crippen LogP contribution < -0.4 is 19.7 Å². The van der Waals surface area contributed by atoms with E-state index in [4.69, 9.17) is 14.5 Å². The molecule has 4 heterocycles. The molecule has 1 N–H and O–H groups in total. The third-order valence-corrected chi connectivity index (χ3v) is 5.08. The number of carbonyl (C=O) groups excluding carboxylic acids is 1. The molecule has 0 atom stereocenters. The van der Waals surface area contributed by atoms with Gasteiger partial charge in [-0.1, -0.05) is 6.07 Å². The van der Waals surface area contributed by atoms with Gasteiger partial charge < -0.3 is 19.7 Å². The summed E-state index contributed by atoms with van der Waals surface area (Å²) in [5, 5.41) is 7.39. The number of nitrogens with one attached hydrogen (secondary N) is 1. The lowest BCUT2D eigenvalue weighted by atomic mass is 10.2. The molecule has 1 saturated heterocycles. The summed E-state index contributed by atoms with van der Waals surface area (Å²) in [7, 11) is 0. The fourth-order valence-corrected chi connectivity index (χ4v) is 3.69. The van der Waals surface area contributed by atoms with Crippen molar-refractivity contribution in [3.05, 3.63) is 47.4 Å². The number of carbonyl (C=O) groups is 1. The summed E-state index contributed by atoms with van der Waals surface area (Å²) in [4.78, 5) is 19.6. The number of benzene rings is 1. The Balaban J connectivity index is 1.36. The summed E-state index contributed by atoms with van der Waals surface area (Å²) in [6.07, 6.45) is 4.18. The van der Waals surface area contributed by atoms with E-state index in [-0.39, 0.29) is 12.7 Å². The Morgan fingerprint density at radius 1 is 1.18 bits per heavy atom. The zero-order chi connectivity index (χ0) is 19.1. The highest BCUT2D eigenvalue weighted by Gasteiger charge is 2.20. The molecule has 0 radical (unpaired) electrons. The van der Waals surface area contributed by atoms with Gasteiger partial charge in [0.05, 0.1) is 11.9 Å². The van der Waals surface area contributed by atoms with Crippen LogP contribution in [0.3, 0.4) is 0 Å². The molecule has 5 rings (SSSR count). The maximum atomic E-state index is 12.7. The van der Waals surface area contributed by atoms with Crippen LogP contribution >= 0.6 is 0 Å². The molecule has 1 aromatic carbocycles. The number of amides is 1. The highest BCUT2D eigenvalue weighted by molar-refractivity contribution is 5.94. The lowest BCUT2D eigenvalue weighted by Crippen LogP contribution is -2.23. The van der Waals surface area contributed by atoms with Crippen molar-refractivity contribution in [1.82, 2.24) is 19.9 Å². The first-order valence-corrected chi connectivity index (χ1v) is 9.46. The number of aryl methyl sites for hydroxylation is 1. The molecule has 3 aromatic rings. The second-order valence-electron chi connectivity index (χ2n) is 7.13. The van der Waals surface area contributed by atoms with Gasteiger partial charge in [0.25, 0.3) is 5.91 Å². The molecule has 144 valence electrons.